The summed E-state index contributed by atoms with van der Waals surface area (Å²) in [5.74, 6) is 1.23. The molecule has 2 heteroatoms. The van der Waals surface area contributed by atoms with E-state index in [2.05, 4.69) is 18.7 Å². The van der Waals surface area contributed by atoms with E-state index < -0.39 is 0 Å². The molecule has 2 nitrogen and oxygen atoms in total. The van der Waals surface area contributed by atoms with Crippen molar-refractivity contribution in [3.05, 3.63) is 0 Å². The zero-order valence-electron chi connectivity index (χ0n) is 10.5. The molecule has 1 heterocycles. The minimum Gasteiger partial charge on any atom is -0.301 e. The largest absolute Gasteiger partial charge is 0.301 e. The Balaban J connectivity index is 2.13. The quantitative estimate of drug-likeness (QED) is 0.652. The Bertz CT molecular complexity index is 203. The zero-order chi connectivity index (χ0) is 11.3. The van der Waals surface area contributed by atoms with Crippen LogP contribution in [0.25, 0.3) is 0 Å². The number of piperidine rings is 1. The molecule has 2 unspecified atom stereocenters. The number of ketones is 1. The number of carbonyl (C=O) groups excluding carboxylic acids is 1. The molecule has 88 valence electrons. The van der Waals surface area contributed by atoms with Crippen LogP contribution in [0.5, 0.6) is 0 Å². The van der Waals surface area contributed by atoms with E-state index in [-0.39, 0.29) is 0 Å². The number of hydrogen-bond acceptors (Lipinski definition) is 2. The number of nitrogens with zero attached hydrogens (tertiary/aromatic N) is 1. The fourth-order valence-corrected chi connectivity index (χ4v) is 2.48. The van der Waals surface area contributed by atoms with Gasteiger partial charge in [-0.1, -0.05) is 6.92 Å². The van der Waals surface area contributed by atoms with Crippen LogP contribution in [0.4, 0.5) is 0 Å². The summed E-state index contributed by atoms with van der Waals surface area (Å²) in [6.07, 6.45) is 5.69. The maximum atomic E-state index is 10.8. The predicted molar refractivity (Wildman–Crippen MR) is 64.0 cm³/mol. The smallest absolute Gasteiger partial charge is 0.129 e. The van der Waals surface area contributed by atoms with E-state index in [0.29, 0.717) is 5.78 Å². The Hall–Kier alpha value is -0.370. The van der Waals surface area contributed by atoms with Gasteiger partial charge in [0.1, 0.15) is 5.78 Å². The molecule has 0 bridgehead atoms. The SMILES string of the molecule is CC(=O)CCCCN1CCC(C)CC1C. The first kappa shape index (κ1) is 12.7. The lowest BCUT2D eigenvalue weighted by molar-refractivity contribution is -0.117. The summed E-state index contributed by atoms with van der Waals surface area (Å²) in [6.45, 7) is 8.80. The van der Waals surface area contributed by atoms with Crippen LogP contribution in [-0.2, 0) is 4.79 Å². The first-order chi connectivity index (χ1) is 7.09. The predicted octanol–water partition coefficient (Wildman–Crippen LogP) is 2.87. The maximum absolute atomic E-state index is 10.8. The minimum absolute atomic E-state index is 0.329. The van der Waals surface area contributed by atoms with Crippen LogP contribution >= 0.6 is 0 Å². The summed E-state index contributed by atoms with van der Waals surface area (Å²) >= 11 is 0. The van der Waals surface area contributed by atoms with E-state index in [1.54, 1.807) is 6.92 Å². The standard InChI is InChI=1S/C13H25NO/c1-11-7-9-14(12(2)10-11)8-5-4-6-13(3)15/h11-12H,4-10H2,1-3H3. The monoisotopic (exact) mass is 211 g/mol. The molecule has 0 N–H and O–H groups in total. The number of hydrogen-bond donors (Lipinski definition) is 0. The van der Waals surface area contributed by atoms with Gasteiger partial charge in [-0.2, -0.15) is 0 Å². The highest BCUT2D eigenvalue weighted by atomic mass is 16.1. The van der Waals surface area contributed by atoms with Gasteiger partial charge in [-0.25, -0.2) is 0 Å². The molecule has 1 aliphatic heterocycles. The molecular weight excluding hydrogens is 186 g/mol. The van der Waals surface area contributed by atoms with E-state index in [0.717, 1.165) is 24.8 Å². The van der Waals surface area contributed by atoms with Crippen LogP contribution in [0.1, 0.15) is 52.9 Å². The topological polar surface area (TPSA) is 20.3 Å². The third-order valence-electron chi connectivity index (χ3n) is 3.50. The third kappa shape index (κ3) is 4.78. The molecule has 1 saturated heterocycles. The normalized spacial score (nSPS) is 27.9. The number of unbranched alkanes of at least 4 members (excludes halogenated alkanes) is 1. The highest BCUT2D eigenvalue weighted by Crippen LogP contribution is 2.22. The van der Waals surface area contributed by atoms with E-state index >= 15 is 0 Å². The molecule has 0 aliphatic carbocycles. The number of rotatable bonds is 5. The number of likely N-dealkylation sites (tertiary alicyclic amines) is 1. The summed E-state index contributed by atoms with van der Waals surface area (Å²) in [4.78, 5) is 13.4. The van der Waals surface area contributed by atoms with Crippen molar-refractivity contribution in [3.8, 4) is 0 Å². The average Bonchev–Trinajstić information content (AvgIpc) is 2.14. The molecule has 1 fully saturated rings. The first-order valence-corrected chi connectivity index (χ1v) is 6.33. The molecule has 0 saturated carbocycles. The van der Waals surface area contributed by atoms with Gasteiger partial charge in [-0.05, 0) is 58.5 Å². The second kappa shape index (κ2) is 6.26. The van der Waals surface area contributed by atoms with Gasteiger partial charge < -0.3 is 9.69 Å². The van der Waals surface area contributed by atoms with Crippen molar-refractivity contribution in [3.63, 3.8) is 0 Å². The van der Waals surface area contributed by atoms with Gasteiger partial charge in [0, 0.05) is 12.5 Å². The Kier molecular flexibility index (Phi) is 5.30. The molecule has 1 rings (SSSR count). The second-order valence-electron chi connectivity index (χ2n) is 5.17. The highest BCUT2D eigenvalue weighted by Gasteiger charge is 2.21. The fourth-order valence-electron chi connectivity index (χ4n) is 2.48. The fraction of sp³-hybridized carbons (Fsp3) is 0.923. The van der Waals surface area contributed by atoms with Crippen LogP contribution in [0, 0.1) is 5.92 Å². The zero-order valence-corrected chi connectivity index (χ0v) is 10.5. The Labute approximate surface area is 94.0 Å². The van der Waals surface area contributed by atoms with Gasteiger partial charge in [-0.3, -0.25) is 0 Å². The van der Waals surface area contributed by atoms with Crippen LogP contribution in [0.3, 0.4) is 0 Å². The minimum atomic E-state index is 0.329. The average molecular weight is 211 g/mol. The van der Waals surface area contributed by atoms with Crippen LogP contribution in [0.2, 0.25) is 0 Å². The summed E-state index contributed by atoms with van der Waals surface area (Å²) in [7, 11) is 0. The molecule has 0 aromatic heterocycles. The van der Waals surface area contributed by atoms with Gasteiger partial charge in [0.05, 0.1) is 0 Å². The Morgan fingerprint density at radius 3 is 2.67 bits per heavy atom. The molecule has 0 amide bonds. The molecule has 1 aliphatic rings. The highest BCUT2D eigenvalue weighted by molar-refractivity contribution is 5.75. The van der Waals surface area contributed by atoms with Crippen molar-refractivity contribution < 1.29 is 4.79 Å². The molecule has 2 atom stereocenters. The van der Waals surface area contributed by atoms with Crippen molar-refractivity contribution >= 4 is 5.78 Å². The van der Waals surface area contributed by atoms with Crippen LogP contribution in [-0.4, -0.2) is 29.8 Å². The van der Waals surface area contributed by atoms with Gasteiger partial charge in [-0.15, -0.1) is 0 Å². The van der Waals surface area contributed by atoms with Crippen molar-refractivity contribution in [2.75, 3.05) is 13.1 Å². The van der Waals surface area contributed by atoms with E-state index in [1.165, 1.54) is 32.4 Å². The maximum Gasteiger partial charge on any atom is 0.129 e. The van der Waals surface area contributed by atoms with Gasteiger partial charge in [0.25, 0.3) is 0 Å². The van der Waals surface area contributed by atoms with E-state index in [1.807, 2.05) is 0 Å². The first-order valence-electron chi connectivity index (χ1n) is 6.33. The van der Waals surface area contributed by atoms with Crippen molar-refractivity contribution in [1.82, 2.24) is 4.90 Å². The van der Waals surface area contributed by atoms with Gasteiger partial charge >= 0.3 is 0 Å². The molecule has 15 heavy (non-hydrogen) atoms. The molecule has 0 aromatic rings. The van der Waals surface area contributed by atoms with Crippen LogP contribution in [0.15, 0.2) is 0 Å². The number of Topliss-reactive ketones (excluding diaryl/α,β-unsaturated/α-hetero) is 1. The van der Waals surface area contributed by atoms with Crippen molar-refractivity contribution in [1.29, 1.82) is 0 Å². The molecule has 0 radical (unpaired) electrons. The van der Waals surface area contributed by atoms with Gasteiger partial charge in [0.2, 0.25) is 0 Å². The lowest BCUT2D eigenvalue weighted by atomic mass is 9.93. The molecule has 0 spiro atoms. The van der Waals surface area contributed by atoms with Crippen molar-refractivity contribution in [2.24, 2.45) is 5.92 Å². The molecular formula is C13H25NO. The molecule has 0 aromatic carbocycles. The third-order valence-corrected chi connectivity index (χ3v) is 3.50. The van der Waals surface area contributed by atoms with Crippen LogP contribution < -0.4 is 0 Å². The van der Waals surface area contributed by atoms with Crippen molar-refractivity contribution in [2.45, 2.75) is 58.9 Å². The summed E-state index contributed by atoms with van der Waals surface area (Å²) in [6, 6.07) is 0.742. The van der Waals surface area contributed by atoms with Gasteiger partial charge in [0.15, 0.2) is 0 Å². The Morgan fingerprint density at radius 1 is 1.33 bits per heavy atom. The second-order valence-corrected chi connectivity index (χ2v) is 5.17. The lowest BCUT2D eigenvalue weighted by Gasteiger charge is -2.36. The summed E-state index contributed by atoms with van der Waals surface area (Å²) < 4.78 is 0. The number of carbonyl (C=O) groups is 1. The lowest BCUT2D eigenvalue weighted by Crippen LogP contribution is -2.40. The summed E-state index contributed by atoms with van der Waals surface area (Å²) in [5, 5.41) is 0. The van der Waals surface area contributed by atoms with E-state index in [9.17, 15) is 4.79 Å². The Morgan fingerprint density at radius 2 is 2.07 bits per heavy atom. The van der Waals surface area contributed by atoms with E-state index in [4.69, 9.17) is 0 Å². The summed E-state index contributed by atoms with van der Waals surface area (Å²) in [5.41, 5.74) is 0.